The lowest BCUT2D eigenvalue weighted by molar-refractivity contribution is -0.116. The number of amides is 1. The number of piperidine rings is 1. The van der Waals surface area contributed by atoms with E-state index < -0.39 is 0 Å². The summed E-state index contributed by atoms with van der Waals surface area (Å²) in [6.07, 6.45) is 3.86. The number of nitrogens with one attached hydrogen (secondary N) is 2. The van der Waals surface area contributed by atoms with Crippen molar-refractivity contribution in [1.82, 2.24) is 5.32 Å². The first kappa shape index (κ1) is 13.1. The van der Waals surface area contributed by atoms with Crippen LogP contribution in [-0.2, 0) is 4.79 Å². The Hall–Kier alpha value is -1.35. The highest BCUT2D eigenvalue weighted by molar-refractivity contribution is 5.90. The number of rotatable bonds is 4. The summed E-state index contributed by atoms with van der Waals surface area (Å²) in [6, 6.07) is 8.31. The number of carbonyl (C=O) groups excluding carboxylic acids is 1. The van der Waals surface area contributed by atoms with Gasteiger partial charge in [0.05, 0.1) is 0 Å². The molecule has 0 bridgehead atoms. The lowest BCUT2D eigenvalue weighted by Gasteiger charge is -2.23. The van der Waals surface area contributed by atoms with Crippen LogP contribution < -0.4 is 10.6 Å². The average molecular weight is 246 g/mol. The lowest BCUT2D eigenvalue weighted by atomic mass is 9.90. The van der Waals surface area contributed by atoms with Crippen LogP contribution in [0.15, 0.2) is 24.3 Å². The van der Waals surface area contributed by atoms with Crippen LogP contribution in [0.4, 0.5) is 5.69 Å². The Bertz CT molecular complexity index is 397. The molecular weight excluding hydrogens is 224 g/mol. The monoisotopic (exact) mass is 246 g/mol. The molecule has 0 saturated carbocycles. The second kappa shape index (κ2) is 6.55. The molecule has 1 aromatic rings. The molecule has 0 aromatic heterocycles. The van der Waals surface area contributed by atoms with Crippen molar-refractivity contribution < 1.29 is 4.79 Å². The Morgan fingerprint density at radius 3 is 2.89 bits per heavy atom. The molecule has 3 nitrogen and oxygen atoms in total. The van der Waals surface area contributed by atoms with Gasteiger partial charge < -0.3 is 10.6 Å². The zero-order chi connectivity index (χ0) is 12.8. The van der Waals surface area contributed by atoms with Crippen LogP contribution in [0.3, 0.4) is 0 Å². The SMILES string of the molecule is CCCC(=O)Nc1cccc(C2CCNCC2)c1. The highest BCUT2D eigenvalue weighted by Crippen LogP contribution is 2.27. The van der Waals surface area contributed by atoms with Crippen LogP contribution in [-0.4, -0.2) is 19.0 Å². The Balaban J connectivity index is 2.02. The van der Waals surface area contributed by atoms with Crippen LogP contribution >= 0.6 is 0 Å². The normalized spacial score (nSPS) is 16.5. The molecule has 2 rings (SSSR count). The zero-order valence-electron chi connectivity index (χ0n) is 11.0. The van der Waals surface area contributed by atoms with Crippen LogP contribution in [0.25, 0.3) is 0 Å². The molecule has 0 unspecified atom stereocenters. The quantitative estimate of drug-likeness (QED) is 0.857. The van der Waals surface area contributed by atoms with Gasteiger partial charge in [0.1, 0.15) is 0 Å². The molecule has 0 atom stereocenters. The van der Waals surface area contributed by atoms with Crippen molar-refractivity contribution >= 4 is 11.6 Å². The van der Waals surface area contributed by atoms with E-state index in [1.807, 2.05) is 19.1 Å². The number of anilines is 1. The first-order valence-electron chi connectivity index (χ1n) is 6.90. The molecule has 0 aliphatic carbocycles. The summed E-state index contributed by atoms with van der Waals surface area (Å²) in [5.74, 6) is 0.745. The van der Waals surface area contributed by atoms with E-state index in [9.17, 15) is 4.79 Å². The Kier molecular flexibility index (Phi) is 4.76. The van der Waals surface area contributed by atoms with E-state index in [1.54, 1.807) is 0 Å². The highest BCUT2D eigenvalue weighted by atomic mass is 16.1. The first-order valence-corrected chi connectivity index (χ1v) is 6.90. The second-order valence-electron chi connectivity index (χ2n) is 4.95. The van der Waals surface area contributed by atoms with E-state index in [0.29, 0.717) is 12.3 Å². The van der Waals surface area contributed by atoms with Gasteiger partial charge in [-0.05, 0) is 56.0 Å². The molecule has 1 aliphatic heterocycles. The van der Waals surface area contributed by atoms with Crippen molar-refractivity contribution in [1.29, 1.82) is 0 Å². The van der Waals surface area contributed by atoms with Crippen LogP contribution in [0.1, 0.15) is 44.1 Å². The smallest absolute Gasteiger partial charge is 0.224 e. The molecule has 0 spiro atoms. The van der Waals surface area contributed by atoms with E-state index in [1.165, 1.54) is 18.4 Å². The fraction of sp³-hybridized carbons (Fsp3) is 0.533. The summed E-state index contributed by atoms with van der Waals surface area (Å²) in [5, 5.41) is 6.35. The van der Waals surface area contributed by atoms with Crippen LogP contribution in [0, 0.1) is 0 Å². The van der Waals surface area contributed by atoms with Gasteiger partial charge in [-0.25, -0.2) is 0 Å². The molecule has 1 heterocycles. The van der Waals surface area contributed by atoms with Crippen molar-refractivity contribution in [2.45, 2.75) is 38.5 Å². The fourth-order valence-corrected chi connectivity index (χ4v) is 2.48. The van der Waals surface area contributed by atoms with Gasteiger partial charge in [0.15, 0.2) is 0 Å². The summed E-state index contributed by atoms with van der Waals surface area (Å²) in [6.45, 7) is 4.21. The van der Waals surface area contributed by atoms with Crippen LogP contribution in [0.2, 0.25) is 0 Å². The number of carbonyl (C=O) groups is 1. The predicted molar refractivity (Wildman–Crippen MR) is 74.8 cm³/mol. The van der Waals surface area contributed by atoms with Gasteiger partial charge in [-0.3, -0.25) is 4.79 Å². The maximum absolute atomic E-state index is 11.6. The third kappa shape index (κ3) is 3.57. The Morgan fingerprint density at radius 1 is 1.39 bits per heavy atom. The van der Waals surface area contributed by atoms with Crippen LogP contribution in [0.5, 0.6) is 0 Å². The van der Waals surface area contributed by atoms with Gasteiger partial charge in [-0.15, -0.1) is 0 Å². The topological polar surface area (TPSA) is 41.1 Å². The molecule has 98 valence electrons. The standard InChI is InChI=1S/C15H22N2O/c1-2-4-15(18)17-14-6-3-5-13(11-14)12-7-9-16-10-8-12/h3,5-6,11-12,16H,2,4,7-10H2,1H3,(H,17,18). The minimum Gasteiger partial charge on any atom is -0.326 e. The van der Waals surface area contributed by atoms with Crippen molar-refractivity contribution in [2.75, 3.05) is 18.4 Å². The summed E-state index contributed by atoms with van der Waals surface area (Å²) in [4.78, 5) is 11.6. The molecule has 3 heteroatoms. The van der Waals surface area contributed by atoms with E-state index in [2.05, 4.69) is 22.8 Å². The number of hydrogen-bond acceptors (Lipinski definition) is 2. The average Bonchev–Trinajstić information content (AvgIpc) is 2.40. The van der Waals surface area contributed by atoms with Gasteiger partial charge >= 0.3 is 0 Å². The molecule has 1 aromatic carbocycles. The van der Waals surface area contributed by atoms with Crippen molar-refractivity contribution in [2.24, 2.45) is 0 Å². The maximum Gasteiger partial charge on any atom is 0.224 e. The van der Waals surface area contributed by atoms with Gasteiger partial charge in [0.2, 0.25) is 5.91 Å². The lowest BCUT2D eigenvalue weighted by Crippen LogP contribution is -2.26. The van der Waals surface area contributed by atoms with Crippen molar-refractivity contribution in [3.05, 3.63) is 29.8 Å². The molecule has 0 radical (unpaired) electrons. The summed E-state index contributed by atoms with van der Waals surface area (Å²) >= 11 is 0. The van der Waals surface area contributed by atoms with Crippen molar-refractivity contribution in [3.63, 3.8) is 0 Å². The van der Waals surface area contributed by atoms with Crippen molar-refractivity contribution in [3.8, 4) is 0 Å². The van der Waals surface area contributed by atoms with Gasteiger partial charge in [0, 0.05) is 12.1 Å². The molecule has 18 heavy (non-hydrogen) atoms. The first-order chi connectivity index (χ1) is 8.79. The Morgan fingerprint density at radius 2 is 2.17 bits per heavy atom. The minimum atomic E-state index is 0.111. The summed E-state index contributed by atoms with van der Waals surface area (Å²) in [5.41, 5.74) is 2.29. The van der Waals surface area contributed by atoms with E-state index >= 15 is 0 Å². The molecule has 1 fully saturated rings. The highest BCUT2D eigenvalue weighted by Gasteiger charge is 2.15. The molecule has 1 saturated heterocycles. The van der Waals surface area contributed by atoms with E-state index in [-0.39, 0.29) is 5.91 Å². The summed E-state index contributed by atoms with van der Waals surface area (Å²) in [7, 11) is 0. The largest absolute Gasteiger partial charge is 0.326 e. The number of hydrogen-bond donors (Lipinski definition) is 2. The van der Waals surface area contributed by atoms with Gasteiger partial charge in [0.25, 0.3) is 0 Å². The minimum absolute atomic E-state index is 0.111. The van der Waals surface area contributed by atoms with Gasteiger partial charge in [-0.2, -0.15) is 0 Å². The fourth-order valence-electron chi connectivity index (χ4n) is 2.48. The van der Waals surface area contributed by atoms with Gasteiger partial charge in [-0.1, -0.05) is 19.1 Å². The molecule has 2 N–H and O–H groups in total. The molecule has 1 amide bonds. The van der Waals surface area contributed by atoms with E-state index in [0.717, 1.165) is 25.2 Å². The number of benzene rings is 1. The third-order valence-corrected chi connectivity index (χ3v) is 3.46. The Labute approximate surface area is 109 Å². The second-order valence-corrected chi connectivity index (χ2v) is 4.95. The predicted octanol–water partition coefficient (Wildman–Crippen LogP) is 2.89. The third-order valence-electron chi connectivity index (χ3n) is 3.46. The zero-order valence-corrected chi connectivity index (χ0v) is 11.0. The molecular formula is C15H22N2O. The maximum atomic E-state index is 11.6. The molecule has 1 aliphatic rings. The van der Waals surface area contributed by atoms with E-state index in [4.69, 9.17) is 0 Å². The summed E-state index contributed by atoms with van der Waals surface area (Å²) < 4.78 is 0.